The number of fused-ring (bicyclic) bond motifs is 3. The molecule has 4 rings (SSSR count). The smallest absolute Gasteiger partial charge is 0.343 e. The number of benzene rings is 3. The fourth-order valence-corrected chi connectivity index (χ4v) is 3.52. The monoisotopic (exact) mass is 414 g/mol. The van der Waals surface area contributed by atoms with Gasteiger partial charge in [-0.25, -0.2) is 9.59 Å². The molecule has 0 spiro atoms. The zero-order valence-electron chi connectivity index (χ0n) is 17.2. The number of hydrogen-bond acceptors (Lipinski definition) is 5. The molecule has 3 aromatic carbocycles. The highest BCUT2D eigenvalue weighted by molar-refractivity contribution is 5.93. The lowest BCUT2D eigenvalue weighted by Gasteiger charge is -2.08. The van der Waals surface area contributed by atoms with Gasteiger partial charge in [0.05, 0.1) is 12.2 Å². The Labute approximate surface area is 180 Å². The van der Waals surface area contributed by atoms with Crippen LogP contribution in [0.15, 0.2) is 73.3 Å². The van der Waals surface area contributed by atoms with Crippen LogP contribution in [-0.2, 0) is 11.2 Å². The quantitative estimate of drug-likeness (QED) is 0.232. The summed E-state index contributed by atoms with van der Waals surface area (Å²) in [6, 6.07) is 18.0. The highest BCUT2D eigenvalue weighted by Crippen LogP contribution is 2.39. The van der Waals surface area contributed by atoms with Gasteiger partial charge in [-0.2, -0.15) is 0 Å². The molecule has 0 aliphatic heterocycles. The molecule has 0 radical (unpaired) electrons. The van der Waals surface area contributed by atoms with Gasteiger partial charge >= 0.3 is 11.9 Å². The number of carbonyl (C=O) groups excluding carboxylic acids is 2. The highest BCUT2D eigenvalue weighted by Gasteiger charge is 2.21. The lowest BCUT2D eigenvalue weighted by molar-refractivity contribution is -0.128. The SMILES string of the molecule is C=CC(=O)Oc1ccc(OC(=O)c2ccc3c(c2)Cc2cc(OCCC)ccc2-3)cc1. The van der Waals surface area contributed by atoms with Crippen molar-refractivity contribution in [2.24, 2.45) is 0 Å². The topological polar surface area (TPSA) is 61.8 Å². The van der Waals surface area contributed by atoms with Crippen molar-refractivity contribution in [3.8, 4) is 28.4 Å². The van der Waals surface area contributed by atoms with Crippen LogP contribution in [0.5, 0.6) is 17.2 Å². The van der Waals surface area contributed by atoms with Crippen molar-refractivity contribution in [2.75, 3.05) is 6.61 Å². The Balaban J connectivity index is 1.46. The average molecular weight is 414 g/mol. The predicted molar refractivity (Wildman–Crippen MR) is 118 cm³/mol. The van der Waals surface area contributed by atoms with Crippen LogP contribution in [0.25, 0.3) is 11.1 Å². The van der Waals surface area contributed by atoms with Crippen molar-refractivity contribution < 1.29 is 23.8 Å². The van der Waals surface area contributed by atoms with Crippen LogP contribution < -0.4 is 14.2 Å². The second-order valence-electron chi connectivity index (χ2n) is 7.20. The molecule has 0 amide bonds. The first-order chi connectivity index (χ1) is 15.1. The normalized spacial score (nSPS) is 11.3. The van der Waals surface area contributed by atoms with Crippen LogP contribution in [0.2, 0.25) is 0 Å². The summed E-state index contributed by atoms with van der Waals surface area (Å²) < 4.78 is 16.2. The third kappa shape index (κ3) is 4.51. The molecule has 156 valence electrons. The molecule has 0 saturated carbocycles. The maximum Gasteiger partial charge on any atom is 0.343 e. The summed E-state index contributed by atoms with van der Waals surface area (Å²) in [4.78, 5) is 23.9. The maximum atomic E-state index is 12.6. The minimum absolute atomic E-state index is 0.349. The Morgan fingerprint density at radius 3 is 2.16 bits per heavy atom. The second kappa shape index (κ2) is 8.88. The Kier molecular flexibility index (Phi) is 5.85. The van der Waals surface area contributed by atoms with E-state index in [1.165, 1.54) is 11.1 Å². The van der Waals surface area contributed by atoms with Crippen molar-refractivity contribution in [2.45, 2.75) is 19.8 Å². The lowest BCUT2D eigenvalue weighted by Crippen LogP contribution is -2.09. The molecule has 31 heavy (non-hydrogen) atoms. The van der Waals surface area contributed by atoms with Gasteiger partial charge in [-0.3, -0.25) is 0 Å². The van der Waals surface area contributed by atoms with Crippen molar-refractivity contribution in [1.82, 2.24) is 0 Å². The molecule has 0 aromatic heterocycles. The van der Waals surface area contributed by atoms with E-state index < -0.39 is 11.9 Å². The van der Waals surface area contributed by atoms with E-state index in [1.807, 2.05) is 18.2 Å². The molecule has 0 bridgehead atoms. The predicted octanol–water partition coefficient (Wildman–Crippen LogP) is 5.36. The Morgan fingerprint density at radius 1 is 0.871 bits per heavy atom. The standard InChI is InChI=1S/C26H22O5/c1-3-13-29-22-10-12-24-19(16-22)15-18-14-17(5-11-23(18)24)26(28)31-21-8-6-20(7-9-21)30-25(27)4-2/h4-12,14,16H,2-3,13,15H2,1H3. The van der Waals surface area contributed by atoms with E-state index in [4.69, 9.17) is 14.2 Å². The molecule has 0 N–H and O–H groups in total. The fraction of sp³-hybridized carbons (Fsp3) is 0.154. The van der Waals surface area contributed by atoms with Gasteiger partial charge in [0.2, 0.25) is 0 Å². The number of carbonyl (C=O) groups is 2. The summed E-state index contributed by atoms with van der Waals surface area (Å²) in [7, 11) is 0. The van der Waals surface area contributed by atoms with Crippen LogP contribution in [0.3, 0.4) is 0 Å². The van der Waals surface area contributed by atoms with E-state index in [9.17, 15) is 9.59 Å². The number of hydrogen-bond donors (Lipinski definition) is 0. The van der Waals surface area contributed by atoms with Gasteiger partial charge in [-0.15, -0.1) is 0 Å². The van der Waals surface area contributed by atoms with Gasteiger partial charge < -0.3 is 14.2 Å². The molecule has 5 heteroatoms. The molecule has 5 nitrogen and oxygen atoms in total. The summed E-state index contributed by atoms with van der Waals surface area (Å²) in [6.45, 7) is 6.12. The van der Waals surface area contributed by atoms with Crippen molar-refractivity contribution in [1.29, 1.82) is 0 Å². The molecule has 1 aliphatic rings. The van der Waals surface area contributed by atoms with Crippen LogP contribution in [0.1, 0.15) is 34.8 Å². The van der Waals surface area contributed by atoms with E-state index >= 15 is 0 Å². The maximum absolute atomic E-state index is 12.6. The van der Waals surface area contributed by atoms with Gasteiger partial charge in [-0.1, -0.05) is 25.6 Å². The van der Waals surface area contributed by atoms with Gasteiger partial charge in [0.15, 0.2) is 0 Å². The molecule has 1 aliphatic carbocycles. The first-order valence-electron chi connectivity index (χ1n) is 10.1. The summed E-state index contributed by atoms with van der Waals surface area (Å²) >= 11 is 0. The largest absolute Gasteiger partial charge is 0.494 e. The number of rotatable bonds is 7. The minimum atomic E-state index is -0.548. The van der Waals surface area contributed by atoms with E-state index in [2.05, 4.69) is 25.6 Å². The summed E-state index contributed by atoms with van der Waals surface area (Å²) in [6.07, 6.45) is 2.79. The Hall–Kier alpha value is -3.86. The first kappa shape index (κ1) is 20.4. The van der Waals surface area contributed by atoms with Crippen LogP contribution in [0, 0.1) is 0 Å². The zero-order valence-corrected chi connectivity index (χ0v) is 17.2. The second-order valence-corrected chi connectivity index (χ2v) is 7.20. The Morgan fingerprint density at radius 2 is 1.48 bits per heavy atom. The summed E-state index contributed by atoms with van der Waals surface area (Å²) in [5.41, 5.74) is 5.06. The third-order valence-electron chi connectivity index (χ3n) is 4.98. The fourth-order valence-electron chi connectivity index (χ4n) is 3.52. The van der Waals surface area contributed by atoms with E-state index in [0.717, 1.165) is 35.8 Å². The molecule has 3 aromatic rings. The highest BCUT2D eigenvalue weighted by atomic mass is 16.5. The van der Waals surface area contributed by atoms with Crippen LogP contribution >= 0.6 is 0 Å². The lowest BCUT2D eigenvalue weighted by atomic mass is 10.0. The van der Waals surface area contributed by atoms with Gasteiger partial charge in [0, 0.05) is 6.08 Å². The Bertz CT molecular complexity index is 1140. The van der Waals surface area contributed by atoms with Crippen molar-refractivity contribution in [3.63, 3.8) is 0 Å². The van der Waals surface area contributed by atoms with E-state index in [-0.39, 0.29) is 0 Å². The number of ether oxygens (including phenoxy) is 3. The summed E-state index contributed by atoms with van der Waals surface area (Å²) in [5.74, 6) is 0.594. The number of esters is 2. The van der Waals surface area contributed by atoms with Gasteiger partial charge in [0.1, 0.15) is 17.2 Å². The minimum Gasteiger partial charge on any atom is -0.494 e. The average Bonchev–Trinajstić information content (AvgIpc) is 3.15. The van der Waals surface area contributed by atoms with Gasteiger partial charge in [-0.05, 0) is 83.6 Å². The van der Waals surface area contributed by atoms with E-state index in [1.54, 1.807) is 30.3 Å². The van der Waals surface area contributed by atoms with Crippen LogP contribution in [0.4, 0.5) is 0 Å². The van der Waals surface area contributed by atoms with Crippen molar-refractivity contribution >= 4 is 11.9 Å². The molecule has 0 heterocycles. The first-order valence-corrected chi connectivity index (χ1v) is 10.1. The molecular formula is C26H22O5. The molecule has 0 atom stereocenters. The van der Waals surface area contributed by atoms with Gasteiger partial charge in [0.25, 0.3) is 0 Å². The molecule has 0 fully saturated rings. The van der Waals surface area contributed by atoms with E-state index in [0.29, 0.717) is 23.7 Å². The molecular weight excluding hydrogens is 392 g/mol. The zero-order chi connectivity index (χ0) is 21.8. The summed E-state index contributed by atoms with van der Waals surface area (Å²) in [5, 5.41) is 0. The molecule has 0 saturated heterocycles. The third-order valence-corrected chi connectivity index (χ3v) is 4.98. The van der Waals surface area contributed by atoms with Crippen LogP contribution in [-0.4, -0.2) is 18.5 Å². The van der Waals surface area contributed by atoms with Crippen molar-refractivity contribution in [3.05, 3.63) is 90.0 Å². The molecule has 0 unspecified atom stereocenters.